The van der Waals surface area contributed by atoms with E-state index in [4.69, 9.17) is 2.74 Å². The molecule has 0 saturated carbocycles. The minimum Gasteiger partial charge on any atom is -0.252 e. The highest BCUT2D eigenvalue weighted by atomic mass is 79.9. The van der Waals surface area contributed by atoms with Crippen molar-refractivity contribution in [3.8, 4) is 11.3 Å². The first-order valence-corrected chi connectivity index (χ1v) is 5.43. The summed E-state index contributed by atoms with van der Waals surface area (Å²) < 4.78 is 16.5. The van der Waals surface area contributed by atoms with E-state index in [0.29, 0.717) is 10.3 Å². The summed E-state index contributed by atoms with van der Waals surface area (Å²) in [6, 6.07) is 7.39. The Kier molecular flexibility index (Phi) is 2.26. The highest BCUT2D eigenvalue weighted by Crippen LogP contribution is 2.19. The first-order valence-electron chi connectivity index (χ1n) is 4.84. The predicted octanol–water partition coefficient (Wildman–Crippen LogP) is 3.67. The third-order valence-electron chi connectivity index (χ3n) is 1.64. The van der Waals surface area contributed by atoms with Gasteiger partial charge in [0.1, 0.15) is 4.60 Å². The Morgan fingerprint density at radius 1 is 1.00 bits per heavy atom. The smallest absolute Gasteiger partial charge is 0.124 e. The van der Waals surface area contributed by atoms with Crippen LogP contribution in [0.4, 0.5) is 0 Å². The van der Waals surface area contributed by atoms with Gasteiger partial charge in [-0.25, -0.2) is 4.98 Å². The van der Waals surface area contributed by atoms with Gasteiger partial charge in [-0.05, 0) is 28.1 Å². The number of aromatic nitrogens is 2. The number of benzene rings is 1. The van der Waals surface area contributed by atoms with Crippen LogP contribution in [0.15, 0.2) is 45.7 Å². The summed E-state index contributed by atoms with van der Waals surface area (Å²) in [6.45, 7) is 0. The molecule has 1 aromatic carbocycles. The molecule has 1 aromatic heterocycles. The largest absolute Gasteiger partial charge is 0.252 e. The van der Waals surface area contributed by atoms with Gasteiger partial charge in [0.05, 0.1) is 20.8 Å². The van der Waals surface area contributed by atoms with Crippen molar-refractivity contribution in [3.63, 3.8) is 0 Å². The third-order valence-corrected chi connectivity index (χ3v) is 2.52. The maximum atomic E-state index is 7.70. The topological polar surface area (TPSA) is 25.8 Å². The quantitative estimate of drug-likeness (QED) is 0.802. The average molecular weight is 316 g/mol. The number of nitrogens with zero attached hydrogens (tertiary/aromatic N) is 2. The molecule has 0 bridgehead atoms. The Morgan fingerprint density at radius 3 is 2.43 bits per heavy atom. The fraction of sp³-hybridized carbons (Fsp3) is 0. The maximum Gasteiger partial charge on any atom is 0.124 e. The normalized spacial score (nSPS) is 12.1. The minimum atomic E-state index is 0.0360. The Balaban J connectivity index is 2.56. The molecule has 0 aliphatic heterocycles. The van der Waals surface area contributed by atoms with E-state index in [2.05, 4.69) is 41.8 Å². The van der Waals surface area contributed by atoms with Gasteiger partial charge in [-0.15, -0.1) is 0 Å². The van der Waals surface area contributed by atoms with Crippen LogP contribution in [0.2, 0.25) is 0 Å². The van der Waals surface area contributed by atoms with Crippen molar-refractivity contribution in [1.82, 2.24) is 9.97 Å². The van der Waals surface area contributed by atoms with Gasteiger partial charge in [-0.1, -0.05) is 28.1 Å². The molecule has 0 spiro atoms. The monoisotopic (exact) mass is 314 g/mol. The summed E-state index contributed by atoms with van der Waals surface area (Å²) in [5.41, 5.74) is 1.20. The van der Waals surface area contributed by atoms with Crippen LogP contribution in [0.3, 0.4) is 0 Å². The number of halogens is 2. The molecule has 0 N–H and O–H groups in total. The summed E-state index contributed by atoms with van der Waals surface area (Å²) in [5.74, 6) is 0. The van der Waals surface area contributed by atoms with Gasteiger partial charge in [-0.3, -0.25) is 4.98 Å². The Hall–Kier alpha value is -0.740. The van der Waals surface area contributed by atoms with Gasteiger partial charge in [0.15, 0.2) is 0 Å². The second-order valence-electron chi connectivity index (χ2n) is 2.59. The molecule has 70 valence electrons. The van der Waals surface area contributed by atoms with Crippen molar-refractivity contribution in [2.45, 2.75) is 0 Å². The van der Waals surface area contributed by atoms with E-state index in [-0.39, 0.29) is 12.3 Å². The van der Waals surface area contributed by atoms with E-state index in [1.165, 1.54) is 0 Å². The van der Waals surface area contributed by atoms with Crippen LogP contribution in [0.25, 0.3) is 11.3 Å². The van der Waals surface area contributed by atoms with Crippen LogP contribution in [-0.2, 0) is 0 Å². The molecular formula is C10H6Br2N2. The lowest BCUT2D eigenvalue weighted by molar-refractivity contribution is 1.17. The highest BCUT2D eigenvalue weighted by Gasteiger charge is 1.98. The molecule has 2 nitrogen and oxygen atoms in total. The maximum absolute atomic E-state index is 7.70. The fourth-order valence-electron chi connectivity index (χ4n) is 0.991. The van der Waals surface area contributed by atoms with E-state index < -0.39 is 0 Å². The van der Waals surface area contributed by atoms with Crippen molar-refractivity contribution >= 4 is 31.9 Å². The second-order valence-corrected chi connectivity index (χ2v) is 4.26. The van der Waals surface area contributed by atoms with Crippen molar-refractivity contribution in [2.75, 3.05) is 0 Å². The van der Waals surface area contributed by atoms with Gasteiger partial charge >= 0.3 is 0 Å². The molecule has 2 rings (SSSR count). The highest BCUT2D eigenvalue weighted by molar-refractivity contribution is 9.10. The Morgan fingerprint density at radius 2 is 1.71 bits per heavy atom. The molecular weight excluding hydrogens is 308 g/mol. The average Bonchev–Trinajstić information content (AvgIpc) is 2.25. The SMILES string of the molecule is [2H]c1nc(-c2ccc(Br)cc2)c([2H])nc1Br. The number of hydrogen-bond donors (Lipinski definition) is 0. The number of rotatable bonds is 1. The number of hydrogen-bond acceptors (Lipinski definition) is 2. The first-order chi connectivity index (χ1) is 7.58. The van der Waals surface area contributed by atoms with Crippen molar-refractivity contribution < 1.29 is 2.74 Å². The summed E-state index contributed by atoms with van der Waals surface area (Å²) in [7, 11) is 0. The lowest BCUT2D eigenvalue weighted by Gasteiger charge is -1.99. The van der Waals surface area contributed by atoms with Crippen LogP contribution in [0.5, 0.6) is 0 Å². The molecule has 0 radical (unpaired) electrons. The summed E-state index contributed by atoms with van der Waals surface area (Å²) in [6.07, 6.45) is 0.0964. The van der Waals surface area contributed by atoms with E-state index in [9.17, 15) is 0 Å². The molecule has 0 atom stereocenters. The molecule has 2 aromatic rings. The van der Waals surface area contributed by atoms with Gasteiger partial charge in [0.25, 0.3) is 0 Å². The molecule has 0 saturated heterocycles. The third kappa shape index (κ3) is 2.19. The molecule has 4 heteroatoms. The minimum absolute atomic E-state index is 0.0360. The molecule has 1 heterocycles. The van der Waals surface area contributed by atoms with Gasteiger partial charge in [-0.2, -0.15) is 0 Å². The Labute approximate surface area is 101 Å². The molecule has 0 aliphatic rings. The first kappa shape index (κ1) is 7.54. The van der Waals surface area contributed by atoms with E-state index in [1.807, 2.05) is 24.3 Å². The van der Waals surface area contributed by atoms with Crippen LogP contribution >= 0.6 is 31.9 Å². The van der Waals surface area contributed by atoms with Crippen LogP contribution in [0.1, 0.15) is 2.74 Å². The standard InChI is InChI=1S/C10H6Br2N2/c11-8-3-1-7(2-4-8)9-5-14-10(12)6-13-9/h1-6H/i5D,6D. The lowest BCUT2D eigenvalue weighted by atomic mass is 10.2. The summed E-state index contributed by atoms with van der Waals surface area (Å²) >= 11 is 6.41. The summed E-state index contributed by atoms with van der Waals surface area (Å²) in [4.78, 5) is 7.92. The molecule has 0 fully saturated rings. The summed E-state index contributed by atoms with van der Waals surface area (Å²) in [5, 5.41) is 0. The van der Waals surface area contributed by atoms with Crippen LogP contribution < -0.4 is 0 Å². The second kappa shape index (κ2) is 4.19. The van der Waals surface area contributed by atoms with E-state index in [1.54, 1.807) is 0 Å². The van der Waals surface area contributed by atoms with Crippen LogP contribution in [-0.4, -0.2) is 9.97 Å². The van der Waals surface area contributed by atoms with Crippen molar-refractivity contribution in [3.05, 3.63) is 45.7 Å². The van der Waals surface area contributed by atoms with Gasteiger partial charge in [0.2, 0.25) is 0 Å². The molecule has 0 unspecified atom stereocenters. The lowest BCUT2D eigenvalue weighted by Crippen LogP contribution is -1.85. The predicted molar refractivity (Wildman–Crippen MR) is 62.9 cm³/mol. The molecule has 0 aliphatic carbocycles. The van der Waals surface area contributed by atoms with E-state index in [0.717, 1.165) is 10.0 Å². The fourth-order valence-corrected chi connectivity index (χ4v) is 1.43. The molecule has 0 amide bonds. The van der Waals surface area contributed by atoms with Gasteiger partial charge in [0, 0.05) is 10.0 Å². The zero-order valence-electron chi connectivity index (χ0n) is 8.96. The van der Waals surface area contributed by atoms with Crippen molar-refractivity contribution in [1.29, 1.82) is 0 Å². The van der Waals surface area contributed by atoms with Crippen molar-refractivity contribution in [2.24, 2.45) is 0 Å². The zero-order chi connectivity index (χ0) is 11.7. The van der Waals surface area contributed by atoms with Gasteiger partial charge < -0.3 is 0 Å². The molecule has 14 heavy (non-hydrogen) atoms. The van der Waals surface area contributed by atoms with E-state index >= 15 is 0 Å². The Bertz CT molecular complexity index is 529. The van der Waals surface area contributed by atoms with Crippen LogP contribution in [0, 0.1) is 0 Å². The zero-order valence-corrected chi connectivity index (χ0v) is 10.1.